The molecule has 2 atom stereocenters. The first-order chi connectivity index (χ1) is 9.59. The highest BCUT2D eigenvalue weighted by molar-refractivity contribution is 5.85. The molecular formula is C14H26N4O2. The third kappa shape index (κ3) is 2.83. The zero-order valence-corrected chi connectivity index (χ0v) is 12.1. The molecule has 6 heteroatoms. The van der Waals surface area contributed by atoms with Gasteiger partial charge in [-0.1, -0.05) is 0 Å². The first kappa shape index (κ1) is 14.3. The number of nitrogens with zero attached hydrogens (tertiary/aromatic N) is 2. The van der Waals surface area contributed by atoms with Crippen molar-refractivity contribution in [1.29, 1.82) is 0 Å². The van der Waals surface area contributed by atoms with Crippen LogP contribution in [0.3, 0.4) is 0 Å². The number of amides is 1. The lowest BCUT2D eigenvalue weighted by atomic mass is 9.93. The van der Waals surface area contributed by atoms with Crippen molar-refractivity contribution in [2.45, 2.75) is 30.8 Å². The molecule has 2 saturated heterocycles. The third-order valence-electron chi connectivity index (χ3n) is 5.06. The summed E-state index contributed by atoms with van der Waals surface area (Å²) in [5, 5.41) is 0. The Hall–Kier alpha value is -0.690. The van der Waals surface area contributed by atoms with E-state index in [4.69, 9.17) is 16.2 Å². The van der Waals surface area contributed by atoms with Crippen LogP contribution in [0.4, 0.5) is 0 Å². The van der Waals surface area contributed by atoms with Gasteiger partial charge in [0.25, 0.3) is 0 Å². The number of carbonyl (C=O) groups excluding carboxylic acids is 1. The molecule has 0 aromatic heterocycles. The standard InChI is InChI=1S/C14H26N4O2/c15-13(19)14(16,11-1-2-11)10-17-4-3-12(9-17)18-5-7-20-8-6-18/h11-12H,1-10,16H2,(H2,15,19). The van der Waals surface area contributed by atoms with E-state index in [0.717, 1.165) is 58.7 Å². The summed E-state index contributed by atoms with van der Waals surface area (Å²) in [6.45, 7) is 6.34. The van der Waals surface area contributed by atoms with E-state index < -0.39 is 5.54 Å². The summed E-state index contributed by atoms with van der Waals surface area (Å²) in [6, 6.07) is 0.579. The van der Waals surface area contributed by atoms with Gasteiger partial charge in [-0.05, 0) is 31.7 Å². The van der Waals surface area contributed by atoms with E-state index in [0.29, 0.717) is 18.5 Å². The molecule has 3 rings (SSSR count). The topological polar surface area (TPSA) is 84.8 Å². The lowest BCUT2D eigenvalue weighted by Crippen LogP contribution is -2.60. The van der Waals surface area contributed by atoms with E-state index in [2.05, 4.69) is 9.80 Å². The van der Waals surface area contributed by atoms with E-state index in [-0.39, 0.29) is 5.91 Å². The molecule has 2 heterocycles. The molecule has 1 saturated carbocycles. The fraction of sp³-hybridized carbons (Fsp3) is 0.929. The molecule has 114 valence electrons. The minimum absolute atomic E-state index is 0.294. The van der Waals surface area contributed by atoms with E-state index in [1.165, 1.54) is 0 Å². The number of hydrogen-bond donors (Lipinski definition) is 2. The number of rotatable bonds is 5. The zero-order valence-electron chi connectivity index (χ0n) is 12.1. The smallest absolute Gasteiger partial charge is 0.239 e. The highest BCUT2D eigenvalue weighted by Crippen LogP contribution is 2.39. The van der Waals surface area contributed by atoms with Gasteiger partial charge in [-0.15, -0.1) is 0 Å². The minimum Gasteiger partial charge on any atom is -0.379 e. The van der Waals surface area contributed by atoms with Crippen molar-refractivity contribution in [2.75, 3.05) is 45.9 Å². The average molecular weight is 282 g/mol. The fourth-order valence-electron chi connectivity index (χ4n) is 3.57. The van der Waals surface area contributed by atoms with E-state index in [1.807, 2.05) is 0 Å². The lowest BCUT2D eigenvalue weighted by Gasteiger charge is -2.34. The molecular weight excluding hydrogens is 256 g/mol. The van der Waals surface area contributed by atoms with Crippen LogP contribution < -0.4 is 11.5 Å². The van der Waals surface area contributed by atoms with Gasteiger partial charge in [0, 0.05) is 32.2 Å². The van der Waals surface area contributed by atoms with Crippen LogP contribution in [-0.4, -0.2) is 73.2 Å². The largest absolute Gasteiger partial charge is 0.379 e. The van der Waals surface area contributed by atoms with Crippen LogP contribution in [0.1, 0.15) is 19.3 Å². The second-order valence-corrected chi connectivity index (χ2v) is 6.50. The van der Waals surface area contributed by atoms with Crippen molar-refractivity contribution >= 4 is 5.91 Å². The maximum Gasteiger partial charge on any atom is 0.239 e. The van der Waals surface area contributed by atoms with Gasteiger partial charge in [0.05, 0.1) is 13.2 Å². The molecule has 4 N–H and O–H groups in total. The molecule has 20 heavy (non-hydrogen) atoms. The molecule has 6 nitrogen and oxygen atoms in total. The van der Waals surface area contributed by atoms with E-state index in [9.17, 15) is 4.79 Å². The van der Waals surface area contributed by atoms with Crippen molar-refractivity contribution in [2.24, 2.45) is 17.4 Å². The quantitative estimate of drug-likeness (QED) is 0.675. The zero-order chi connectivity index (χ0) is 14.2. The Labute approximate surface area is 120 Å². The molecule has 0 spiro atoms. The summed E-state index contributed by atoms with van der Waals surface area (Å²) >= 11 is 0. The summed E-state index contributed by atoms with van der Waals surface area (Å²) in [5.41, 5.74) is 11.0. The predicted molar refractivity (Wildman–Crippen MR) is 76.1 cm³/mol. The molecule has 2 unspecified atom stereocenters. The van der Waals surface area contributed by atoms with Crippen molar-refractivity contribution in [3.05, 3.63) is 0 Å². The minimum atomic E-state index is -0.820. The lowest BCUT2D eigenvalue weighted by molar-refractivity contribution is -0.124. The van der Waals surface area contributed by atoms with Crippen LogP contribution in [0.5, 0.6) is 0 Å². The second kappa shape index (κ2) is 5.60. The van der Waals surface area contributed by atoms with Crippen LogP contribution in [0, 0.1) is 5.92 Å². The van der Waals surface area contributed by atoms with Gasteiger partial charge in [0.2, 0.25) is 5.91 Å². The van der Waals surface area contributed by atoms with Gasteiger partial charge >= 0.3 is 0 Å². The summed E-state index contributed by atoms with van der Waals surface area (Å²) < 4.78 is 5.40. The Morgan fingerprint density at radius 3 is 2.50 bits per heavy atom. The molecule has 1 amide bonds. The molecule has 0 radical (unpaired) electrons. The monoisotopic (exact) mass is 282 g/mol. The van der Waals surface area contributed by atoms with Crippen LogP contribution in [0.2, 0.25) is 0 Å². The predicted octanol–water partition coefficient (Wildman–Crippen LogP) is -1.01. The Morgan fingerprint density at radius 2 is 1.90 bits per heavy atom. The summed E-state index contributed by atoms with van der Waals surface area (Å²) in [6.07, 6.45) is 3.24. The van der Waals surface area contributed by atoms with E-state index in [1.54, 1.807) is 0 Å². The normalized spacial score (nSPS) is 32.1. The second-order valence-electron chi connectivity index (χ2n) is 6.50. The molecule has 0 aromatic carbocycles. The van der Waals surface area contributed by atoms with Gasteiger partial charge < -0.3 is 16.2 Å². The number of morpholine rings is 1. The molecule has 0 aromatic rings. The van der Waals surface area contributed by atoms with Gasteiger partial charge in [-0.2, -0.15) is 0 Å². The van der Waals surface area contributed by atoms with Crippen LogP contribution in [-0.2, 0) is 9.53 Å². The van der Waals surface area contributed by atoms with Crippen molar-refractivity contribution in [3.63, 3.8) is 0 Å². The first-order valence-corrected chi connectivity index (χ1v) is 7.72. The van der Waals surface area contributed by atoms with Gasteiger partial charge in [-0.25, -0.2) is 0 Å². The van der Waals surface area contributed by atoms with Crippen LogP contribution in [0.15, 0.2) is 0 Å². The SMILES string of the molecule is NC(=O)C(N)(CN1CCC(N2CCOCC2)C1)C1CC1. The summed E-state index contributed by atoms with van der Waals surface area (Å²) in [7, 11) is 0. The van der Waals surface area contributed by atoms with Crippen LogP contribution >= 0.6 is 0 Å². The number of nitrogens with two attached hydrogens (primary N) is 2. The molecule has 2 aliphatic heterocycles. The number of ether oxygens (including phenoxy) is 1. The number of likely N-dealkylation sites (tertiary alicyclic amines) is 1. The number of primary amides is 1. The first-order valence-electron chi connectivity index (χ1n) is 7.72. The fourth-order valence-corrected chi connectivity index (χ4v) is 3.57. The Bertz CT molecular complexity index is 368. The molecule has 0 bridgehead atoms. The maximum atomic E-state index is 11.7. The van der Waals surface area contributed by atoms with E-state index >= 15 is 0 Å². The van der Waals surface area contributed by atoms with Crippen LogP contribution in [0.25, 0.3) is 0 Å². The van der Waals surface area contributed by atoms with Crippen molar-refractivity contribution in [3.8, 4) is 0 Å². The highest BCUT2D eigenvalue weighted by atomic mass is 16.5. The highest BCUT2D eigenvalue weighted by Gasteiger charge is 2.48. The molecule has 3 fully saturated rings. The Kier molecular flexibility index (Phi) is 3.99. The third-order valence-corrected chi connectivity index (χ3v) is 5.06. The maximum absolute atomic E-state index is 11.7. The number of carbonyl (C=O) groups is 1. The van der Waals surface area contributed by atoms with Crippen molar-refractivity contribution in [1.82, 2.24) is 9.80 Å². The molecule has 3 aliphatic rings. The summed E-state index contributed by atoms with van der Waals surface area (Å²) in [5.74, 6) is -0.0442. The Balaban J connectivity index is 1.55. The number of hydrogen-bond acceptors (Lipinski definition) is 5. The average Bonchev–Trinajstić information content (AvgIpc) is 3.21. The van der Waals surface area contributed by atoms with Gasteiger partial charge in [0.15, 0.2) is 0 Å². The Morgan fingerprint density at radius 1 is 1.20 bits per heavy atom. The summed E-state index contributed by atoms with van der Waals surface area (Å²) in [4.78, 5) is 16.5. The van der Waals surface area contributed by atoms with Gasteiger partial charge in [0.1, 0.15) is 5.54 Å². The van der Waals surface area contributed by atoms with Gasteiger partial charge in [-0.3, -0.25) is 14.6 Å². The molecule has 1 aliphatic carbocycles. The van der Waals surface area contributed by atoms with Crippen molar-refractivity contribution < 1.29 is 9.53 Å².